The number of hydrogen-bond donors (Lipinski definition) is 1. The zero-order valence-electron chi connectivity index (χ0n) is 11.4. The van der Waals surface area contributed by atoms with Gasteiger partial charge in [-0.15, -0.1) is 11.3 Å². The second-order valence-electron chi connectivity index (χ2n) is 5.08. The molecule has 1 aliphatic carbocycles. The van der Waals surface area contributed by atoms with E-state index >= 15 is 0 Å². The number of aryl methyl sites for hydroxylation is 1. The lowest BCUT2D eigenvalue weighted by molar-refractivity contribution is 0.299. The molecule has 1 aliphatic rings. The highest BCUT2D eigenvalue weighted by molar-refractivity contribution is 9.10. The van der Waals surface area contributed by atoms with E-state index in [1.54, 1.807) is 11.3 Å². The van der Waals surface area contributed by atoms with Gasteiger partial charge >= 0.3 is 0 Å². The van der Waals surface area contributed by atoms with Crippen molar-refractivity contribution in [3.8, 4) is 5.75 Å². The number of rotatable bonds is 6. The summed E-state index contributed by atoms with van der Waals surface area (Å²) < 4.78 is 7.11. The van der Waals surface area contributed by atoms with E-state index in [-0.39, 0.29) is 0 Å². The molecule has 5 heteroatoms. The molecular weight excluding hydrogens is 336 g/mol. The number of halogens is 1. The molecule has 0 amide bonds. The highest BCUT2D eigenvalue weighted by Gasteiger charge is 2.21. The summed E-state index contributed by atoms with van der Waals surface area (Å²) in [4.78, 5) is 4.26. The molecule has 106 valence electrons. The van der Waals surface area contributed by atoms with Crippen LogP contribution in [0.15, 0.2) is 28.2 Å². The van der Waals surface area contributed by atoms with Crippen molar-refractivity contribution in [2.45, 2.75) is 39.0 Å². The molecule has 0 aliphatic heterocycles. The topological polar surface area (TPSA) is 34.1 Å². The van der Waals surface area contributed by atoms with E-state index in [4.69, 9.17) is 4.74 Å². The molecule has 1 aromatic heterocycles. The Hall–Kier alpha value is -0.910. The van der Waals surface area contributed by atoms with Gasteiger partial charge in [-0.2, -0.15) is 0 Å². The molecule has 3 nitrogen and oxygen atoms in total. The molecule has 3 rings (SSSR count). The summed E-state index contributed by atoms with van der Waals surface area (Å²) in [6.45, 7) is 3.48. The number of benzene rings is 1. The predicted octanol–water partition coefficient (Wildman–Crippen LogP) is 4.05. The van der Waals surface area contributed by atoms with Crippen LogP contribution in [0.25, 0.3) is 0 Å². The predicted molar refractivity (Wildman–Crippen MR) is 85.2 cm³/mol. The second kappa shape index (κ2) is 6.24. The van der Waals surface area contributed by atoms with Crippen molar-refractivity contribution in [3.05, 3.63) is 44.3 Å². The van der Waals surface area contributed by atoms with E-state index in [1.807, 2.05) is 11.6 Å². The molecular formula is C15H17BrN2OS. The maximum atomic E-state index is 6.01. The van der Waals surface area contributed by atoms with Gasteiger partial charge in [0.15, 0.2) is 0 Å². The summed E-state index contributed by atoms with van der Waals surface area (Å²) in [5.41, 5.74) is 2.36. The highest BCUT2D eigenvalue weighted by Crippen LogP contribution is 2.30. The quantitative estimate of drug-likeness (QED) is 0.851. The van der Waals surface area contributed by atoms with Crippen molar-refractivity contribution < 1.29 is 4.74 Å². The first kappa shape index (κ1) is 14.0. The van der Waals surface area contributed by atoms with Gasteiger partial charge in [-0.3, -0.25) is 0 Å². The van der Waals surface area contributed by atoms with Crippen molar-refractivity contribution in [2.75, 3.05) is 0 Å². The normalized spacial score (nSPS) is 14.5. The molecule has 1 N–H and O–H groups in total. The number of thiazole rings is 1. The van der Waals surface area contributed by atoms with E-state index in [2.05, 4.69) is 45.3 Å². The summed E-state index contributed by atoms with van der Waals surface area (Å²) in [5, 5.41) is 6.53. The molecule has 1 aromatic carbocycles. The van der Waals surface area contributed by atoms with Gasteiger partial charge < -0.3 is 10.1 Å². The fourth-order valence-electron chi connectivity index (χ4n) is 2.14. The first-order chi connectivity index (χ1) is 9.72. The SMILES string of the molecule is Cc1cc(Br)cc(CNC2CC2)c1OCc1nccs1. The Morgan fingerprint density at radius 3 is 3.00 bits per heavy atom. The first-order valence-electron chi connectivity index (χ1n) is 6.76. The lowest BCUT2D eigenvalue weighted by Crippen LogP contribution is -2.16. The van der Waals surface area contributed by atoms with Crippen molar-refractivity contribution >= 4 is 27.3 Å². The maximum Gasteiger partial charge on any atom is 0.140 e. The van der Waals surface area contributed by atoms with Crippen LogP contribution in [0.1, 0.15) is 29.0 Å². The largest absolute Gasteiger partial charge is 0.486 e. The van der Waals surface area contributed by atoms with Crippen molar-refractivity contribution in [3.63, 3.8) is 0 Å². The van der Waals surface area contributed by atoms with Crippen LogP contribution in [0.3, 0.4) is 0 Å². The average molecular weight is 353 g/mol. The molecule has 1 heterocycles. The van der Waals surface area contributed by atoms with Crippen LogP contribution in [-0.2, 0) is 13.2 Å². The zero-order chi connectivity index (χ0) is 13.9. The second-order valence-corrected chi connectivity index (χ2v) is 6.98. The molecule has 0 unspecified atom stereocenters. The van der Waals surface area contributed by atoms with Crippen LogP contribution in [-0.4, -0.2) is 11.0 Å². The fourth-order valence-corrected chi connectivity index (χ4v) is 3.28. The van der Waals surface area contributed by atoms with Gasteiger partial charge in [0.05, 0.1) is 0 Å². The number of aromatic nitrogens is 1. The highest BCUT2D eigenvalue weighted by atomic mass is 79.9. The van der Waals surface area contributed by atoms with Crippen LogP contribution in [0, 0.1) is 6.92 Å². The Bertz CT molecular complexity index is 582. The summed E-state index contributed by atoms with van der Waals surface area (Å²) in [6, 6.07) is 4.93. The van der Waals surface area contributed by atoms with E-state index < -0.39 is 0 Å². The van der Waals surface area contributed by atoms with E-state index in [0.29, 0.717) is 12.6 Å². The summed E-state index contributed by atoms with van der Waals surface area (Å²) in [5.74, 6) is 0.983. The van der Waals surface area contributed by atoms with Gasteiger partial charge in [0.1, 0.15) is 17.4 Å². The fraction of sp³-hybridized carbons (Fsp3) is 0.400. The minimum Gasteiger partial charge on any atom is -0.486 e. The molecule has 2 aromatic rings. The van der Waals surface area contributed by atoms with Gasteiger partial charge in [-0.05, 0) is 37.5 Å². The molecule has 1 fully saturated rings. The number of hydrogen-bond acceptors (Lipinski definition) is 4. The molecule has 0 atom stereocenters. The lowest BCUT2D eigenvalue weighted by atomic mass is 10.1. The third-order valence-electron chi connectivity index (χ3n) is 3.30. The van der Waals surface area contributed by atoms with Gasteiger partial charge in [-0.25, -0.2) is 4.98 Å². The molecule has 20 heavy (non-hydrogen) atoms. The third-order valence-corrected chi connectivity index (χ3v) is 4.51. The van der Waals surface area contributed by atoms with Gasteiger partial charge in [0, 0.05) is 34.2 Å². The Morgan fingerprint density at radius 1 is 1.45 bits per heavy atom. The Morgan fingerprint density at radius 2 is 2.30 bits per heavy atom. The van der Waals surface area contributed by atoms with E-state index in [1.165, 1.54) is 18.4 Å². The Labute approximate surface area is 131 Å². The van der Waals surface area contributed by atoms with Crippen LogP contribution in [0.2, 0.25) is 0 Å². The number of ether oxygens (including phenoxy) is 1. The van der Waals surface area contributed by atoms with Crippen LogP contribution in [0.5, 0.6) is 5.75 Å². The lowest BCUT2D eigenvalue weighted by Gasteiger charge is -2.15. The molecule has 0 spiro atoms. The van der Waals surface area contributed by atoms with Crippen LogP contribution in [0.4, 0.5) is 0 Å². The third kappa shape index (κ3) is 3.59. The molecule has 0 saturated heterocycles. The molecule has 0 radical (unpaired) electrons. The Kier molecular flexibility index (Phi) is 4.38. The first-order valence-corrected chi connectivity index (χ1v) is 8.43. The zero-order valence-corrected chi connectivity index (χ0v) is 13.8. The number of nitrogens with one attached hydrogen (secondary N) is 1. The minimum absolute atomic E-state index is 0.538. The van der Waals surface area contributed by atoms with E-state index in [9.17, 15) is 0 Å². The van der Waals surface area contributed by atoms with Crippen LogP contribution >= 0.6 is 27.3 Å². The smallest absolute Gasteiger partial charge is 0.140 e. The Balaban J connectivity index is 1.75. The molecule has 1 saturated carbocycles. The monoisotopic (exact) mass is 352 g/mol. The summed E-state index contributed by atoms with van der Waals surface area (Å²) in [7, 11) is 0. The van der Waals surface area contributed by atoms with Gasteiger partial charge in [0.2, 0.25) is 0 Å². The van der Waals surface area contributed by atoms with Crippen molar-refractivity contribution in [1.82, 2.24) is 10.3 Å². The summed E-state index contributed by atoms with van der Waals surface area (Å²) >= 11 is 5.19. The van der Waals surface area contributed by atoms with E-state index in [0.717, 1.165) is 27.3 Å². The van der Waals surface area contributed by atoms with Gasteiger partial charge in [0.25, 0.3) is 0 Å². The summed E-state index contributed by atoms with van der Waals surface area (Å²) in [6.07, 6.45) is 4.40. The standard InChI is InChI=1S/C15H17BrN2OS/c1-10-6-12(16)7-11(8-18-13-2-3-13)15(10)19-9-14-17-4-5-20-14/h4-7,13,18H,2-3,8-9H2,1H3. The average Bonchev–Trinajstić information content (AvgIpc) is 3.10. The van der Waals surface area contributed by atoms with Crippen LogP contribution < -0.4 is 10.1 Å². The minimum atomic E-state index is 0.538. The molecule has 0 bridgehead atoms. The van der Waals surface area contributed by atoms with Crippen molar-refractivity contribution in [1.29, 1.82) is 0 Å². The van der Waals surface area contributed by atoms with Crippen molar-refractivity contribution in [2.24, 2.45) is 0 Å². The maximum absolute atomic E-state index is 6.01. The number of nitrogens with zero attached hydrogens (tertiary/aromatic N) is 1. The van der Waals surface area contributed by atoms with Gasteiger partial charge in [-0.1, -0.05) is 15.9 Å².